The van der Waals surface area contributed by atoms with E-state index in [0.717, 1.165) is 48.7 Å². The minimum absolute atomic E-state index is 0. The van der Waals surface area contributed by atoms with Crippen molar-refractivity contribution in [3.8, 4) is 0 Å². The molecule has 0 aliphatic carbocycles. The first-order chi connectivity index (χ1) is 47.3. The van der Waals surface area contributed by atoms with Crippen molar-refractivity contribution in [2.45, 2.75) is 368 Å². The Morgan fingerprint density at radius 3 is 0.817 bits per heavy atom. The highest BCUT2D eigenvalue weighted by atomic mass is 19.3. The van der Waals surface area contributed by atoms with E-state index in [9.17, 15) is 4.53 Å². The van der Waals surface area contributed by atoms with Crippen LogP contribution in [-0.4, -0.2) is 88.0 Å². The zero-order chi connectivity index (χ0) is 71.6. The molecular weight excluding hydrogens is 1300 g/mol. The molecule has 0 heterocycles. The summed E-state index contributed by atoms with van der Waals surface area (Å²) >= 11 is 0. The molecule has 0 aliphatic rings. The lowest BCUT2D eigenvalue weighted by molar-refractivity contribution is -0.129. The molecule has 6 atom stereocenters. The minimum Gasteiger partial charge on any atom is -0.495 e. The molecule has 0 bridgehead atoms. The van der Waals surface area contributed by atoms with Gasteiger partial charge < -0.3 is 57.0 Å². The van der Waals surface area contributed by atoms with Crippen LogP contribution in [0.4, 0.5) is 32.0 Å². The van der Waals surface area contributed by atoms with E-state index in [1.54, 1.807) is 12.5 Å². The van der Waals surface area contributed by atoms with Gasteiger partial charge in [-0.3, -0.25) is 4.70 Å². The lowest BCUT2D eigenvalue weighted by atomic mass is 10.0. The smallest absolute Gasteiger partial charge is 0.210 e. The summed E-state index contributed by atoms with van der Waals surface area (Å²) in [5, 5.41) is 25.1. The summed E-state index contributed by atoms with van der Waals surface area (Å²) in [4.78, 5) is 2.82. The van der Waals surface area contributed by atoms with Crippen LogP contribution in [0.3, 0.4) is 0 Å². The second kappa shape index (κ2) is 84.6. The minimum atomic E-state index is -0.347. The molecule has 612 valence electrons. The Labute approximate surface area is 646 Å². The average molecular weight is 1470 g/mol. The quantitative estimate of drug-likeness (QED) is 0.0121. The molecule has 12 nitrogen and oxygen atoms in total. The number of aryl methyl sites for hydroxylation is 2. The molecule has 4 rings (SSSR count). The normalized spacial score (nSPS) is 12.6. The van der Waals surface area contributed by atoms with Crippen LogP contribution in [-0.2, 0) is 32.0 Å². The molecule has 104 heavy (non-hydrogen) atoms. The number of anilines is 4. The number of rotatable bonds is 55. The van der Waals surface area contributed by atoms with Gasteiger partial charge in [-0.2, -0.15) is 4.94 Å². The maximum atomic E-state index is 10.1. The molecule has 6 unspecified atom stereocenters. The number of unbranched alkanes of at least 4 members (excludes halogenated alkanes) is 24. The summed E-state index contributed by atoms with van der Waals surface area (Å²) in [7, 11) is 1.29. The van der Waals surface area contributed by atoms with Gasteiger partial charge in [-0.15, -0.1) is 0 Å². The van der Waals surface area contributed by atoms with Gasteiger partial charge in [-0.05, 0) is 157 Å². The van der Waals surface area contributed by atoms with Crippen LogP contribution in [0.5, 0.6) is 0 Å². The fourth-order valence-corrected chi connectivity index (χ4v) is 12.0. The first kappa shape index (κ1) is 114. The van der Waals surface area contributed by atoms with Crippen molar-refractivity contribution in [3.05, 3.63) is 159 Å². The molecule has 0 fully saturated rings. The molecule has 14 heteroatoms. The molecule has 0 aromatic heterocycles. The molecular formula is C90H173F2N7O5. The Kier molecular flexibility index (Phi) is 92.9. The van der Waals surface area contributed by atoms with Crippen molar-refractivity contribution in [2.24, 2.45) is 5.73 Å². The third kappa shape index (κ3) is 62.5. The van der Waals surface area contributed by atoms with Crippen LogP contribution in [0.25, 0.3) is 0 Å². The number of hydrogen-bond acceptors (Lipinski definition) is 12. The summed E-state index contributed by atoms with van der Waals surface area (Å²) in [6.07, 6.45) is 45.2. The fraction of sp³-hybridized carbons (Fsp3) is 0.667. The van der Waals surface area contributed by atoms with Crippen LogP contribution in [0, 0.1) is 0 Å². The van der Waals surface area contributed by atoms with Crippen LogP contribution in [0.2, 0.25) is 0 Å². The Hall–Kier alpha value is -5.64. The first-order valence-corrected chi connectivity index (χ1v) is 37.8. The van der Waals surface area contributed by atoms with Crippen molar-refractivity contribution in [1.29, 1.82) is 1.43 Å². The first-order valence-electron chi connectivity index (χ1n) is 38.2. The second-order valence-corrected chi connectivity index (χ2v) is 25.9. The molecule has 0 radical (unpaired) electrons. The van der Waals surface area contributed by atoms with Gasteiger partial charge in [0, 0.05) is 41.9 Å². The SMILES string of the molecule is C.C.C.C.C.C.C.C=COC(C(C)NCCCCCCCCCCCC)C(C)NCCCCCCCCCCCC.C=COC(C(C)Nc1ccc(CCCCCC)cc1)C(C)Nc1ccc(CCCCCC)cc1.C=COC(C(C)Nc1ccccc1)C(C)Nc1ccccc1.F.NCOF.[2H]OC. The molecule has 0 saturated heterocycles. The summed E-state index contributed by atoms with van der Waals surface area (Å²) in [6.45, 7) is 35.3. The highest BCUT2D eigenvalue weighted by molar-refractivity contribution is 5.48. The average Bonchev–Trinajstić information content (AvgIpc) is 0.843. The van der Waals surface area contributed by atoms with Crippen molar-refractivity contribution in [3.63, 3.8) is 0 Å². The summed E-state index contributed by atoms with van der Waals surface area (Å²) in [5.41, 5.74) is 11.7. The molecule has 4 aromatic rings. The summed E-state index contributed by atoms with van der Waals surface area (Å²) in [5.74, 6) is 0. The monoisotopic (exact) mass is 1470 g/mol. The Bertz CT molecular complexity index is 2170. The molecule has 0 amide bonds. The van der Waals surface area contributed by atoms with Gasteiger partial charge in [0.2, 0.25) is 1.43 Å². The van der Waals surface area contributed by atoms with E-state index >= 15 is 0 Å². The van der Waals surface area contributed by atoms with E-state index in [4.69, 9.17) is 15.6 Å². The Balaban J connectivity index is -0.000000176. The van der Waals surface area contributed by atoms with E-state index in [1.807, 2.05) is 36.4 Å². The van der Waals surface area contributed by atoms with Crippen LogP contribution < -0.4 is 37.6 Å². The number of para-hydroxylation sites is 2. The molecule has 4 aromatic carbocycles. The van der Waals surface area contributed by atoms with Gasteiger partial charge >= 0.3 is 0 Å². The highest BCUT2D eigenvalue weighted by Crippen LogP contribution is 2.22. The zero-order valence-corrected chi connectivity index (χ0v) is 63.2. The number of aliphatic hydroxyl groups excluding tert-OH is 1. The number of aliphatic hydroxyl groups is 1. The van der Waals surface area contributed by atoms with Crippen LogP contribution >= 0.6 is 0 Å². The lowest BCUT2D eigenvalue weighted by Crippen LogP contribution is -2.50. The van der Waals surface area contributed by atoms with E-state index in [0.29, 0.717) is 12.1 Å². The standard InChI is InChI=1S/C31H48N2O.C31H64N2O.C19H24N2O.CH4FNO.CH4O.7CH4.FH/c1-6-9-11-13-15-27-17-21-29(22-18-27)32-25(4)31(34-8-3)26(5)33-30-23-19-28(20-24-30)16-14-12-10-7-2;1-6-9-11-13-15-17-19-21-23-25-27-32-29(4)31(34-8-3)30(5)33-28-26-24-22-20-18-16-14-12-10-7-2;1-4-22-19(15(2)20-17-11-7-5-8-12-17)16(3)21-18-13-9-6-10-14-18;2-4-1-3;1-2;;;;;;;;/h8,17-26,31-33H,3,6-7,9-16H2,1-2,4-5H3;8,29-33H,3,6-7,9-28H2,1-2,4-5H3;4-16,19-21H,1H2,2-3H3;1,3H2;2H,1H3;7*1H4;1H/i;;;;2D;;;;;;;;. The van der Waals surface area contributed by atoms with E-state index in [2.05, 4.69) is 209 Å². The van der Waals surface area contributed by atoms with Gasteiger partial charge in [0.15, 0.2) is 0 Å². The molecule has 0 saturated carbocycles. The Morgan fingerprint density at radius 1 is 0.375 bits per heavy atom. The third-order valence-corrected chi connectivity index (χ3v) is 17.4. The predicted octanol–water partition coefficient (Wildman–Crippen LogP) is 26.6. The topological polar surface area (TPSA) is 155 Å². The van der Waals surface area contributed by atoms with Crippen molar-refractivity contribution >= 4 is 22.7 Å². The van der Waals surface area contributed by atoms with Gasteiger partial charge in [-0.1, -0.05) is 314 Å². The summed E-state index contributed by atoms with van der Waals surface area (Å²) < 4.78 is 33.4. The van der Waals surface area contributed by atoms with E-state index in [-0.39, 0.29) is 106 Å². The van der Waals surface area contributed by atoms with Crippen LogP contribution in [0.15, 0.2) is 148 Å². The van der Waals surface area contributed by atoms with Crippen molar-refractivity contribution < 1.29 is 33.5 Å². The Morgan fingerprint density at radius 2 is 0.587 bits per heavy atom. The number of halogens is 2. The van der Waals surface area contributed by atoms with Gasteiger partial charge in [0.05, 0.1) is 43.0 Å². The largest absolute Gasteiger partial charge is 0.495 e. The van der Waals surface area contributed by atoms with Gasteiger partial charge in [0.25, 0.3) is 0 Å². The second-order valence-electron chi connectivity index (χ2n) is 25.9. The summed E-state index contributed by atoms with van der Waals surface area (Å²) in [6, 6.07) is 39.2. The van der Waals surface area contributed by atoms with Crippen LogP contribution in [0.1, 0.15) is 312 Å². The molecule has 0 aliphatic heterocycles. The van der Waals surface area contributed by atoms with Gasteiger partial charge in [0.1, 0.15) is 25.0 Å². The number of nitrogens with two attached hydrogens (primary N) is 1. The lowest BCUT2D eigenvalue weighted by Gasteiger charge is -2.31. The molecule has 9 N–H and O–H groups in total. The maximum Gasteiger partial charge on any atom is 0.210 e. The van der Waals surface area contributed by atoms with E-state index in [1.165, 1.54) is 204 Å². The maximum absolute atomic E-state index is 10.1. The zero-order valence-electron chi connectivity index (χ0n) is 64.2. The number of nitrogens with one attached hydrogen (secondary N) is 6. The number of hydrogen-bond donors (Lipinski definition) is 8. The molecule has 0 spiro atoms. The third-order valence-electron chi connectivity index (χ3n) is 17.4. The number of ether oxygens (including phenoxy) is 3. The van der Waals surface area contributed by atoms with Crippen molar-refractivity contribution in [2.75, 3.05) is 48.2 Å². The van der Waals surface area contributed by atoms with Crippen molar-refractivity contribution in [1.82, 2.24) is 10.6 Å². The van der Waals surface area contributed by atoms with E-state index < -0.39 is 0 Å². The van der Waals surface area contributed by atoms with Gasteiger partial charge in [-0.25, -0.2) is 0 Å². The highest BCUT2D eigenvalue weighted by Gasteiger charge is 2.27. The fourth-order valence-electron chi connectivity index (χ4n) is 12.0. The number of benzene rings is 4. The predicted molar refractivity (Wildman–Crippen MR) is 467 cm³/mol.